The fourth-order valence-corrected chi connectivity index (χ4v) is 3.76. The van der Waals surface area contributed by atoms with Gasteiger partial charge in [-0.15, -0.1) is 11.8 Å². The largest absolute Gasteiger partial charge is 0.354 e. The van der Waals surface area contributed by atoms with Crippen LogP contribution in [0.5, 0.6) is 0 Å². The van der Waals surface area contributed by atoms with Gasteiger partial charge in [0.25, 0.3) is 0 Å². The first kappa shape index (κ1) is 23.8. The van der Waals surface area contributed by atoms with Crippen LogP contribution in [0.1, 0.15) is 26.3 Å². The number of nitrogens with one attached hydrogen (secondary N) is 1. The minimum Gasteiger partial charge on any atom is -0.354 e. The zero-order valence-electron chi connectivity index (χ0n) is 16.8. The zero-order valence-corrected chi connectivity index (χ0v) is 20.0. The molecular formula is C22H26BrClN2O2S. The third kappa shape index (κ3) is 8.03. The van der Waals surface area contributed by atoms with E-state index in [9.17, 15) is 9.59 Å². The molecule has 0 saturated carbocycles. The lowest BCUT2D eigenvalue weighted by atomic mass is 10.1. The summed E-state index contributed by atoms with van der Waals surface area (Å²) in [5.74, 6) is 0.378. The van der Waals surface area contributed by atoms with E-state index in [1.54, 1.807) is 24.0 Å². The number of nitrogens with zero attached hydrogens (tertiary/aromatic N) is 1. The highest BCUT2D eigenvalue weighted by molar-refractivity contribution is 9.10. The van der Waals surface area contributed by atoms with Crippen LogP contribution in [0.4, 0.5) is 0 Å². The first-order valence-electron chi connectivity index (χ1n) is 9.46. The number of benzene rings is 2. The lowest BCUT2D eigenvalue weighted by Crippen LogP contribution is -2.48. The highest BCUT2D eigenvalue weighted by Crippen LogP contribution is 2.22. The molecule has 2 aromatic rings. The van der Waals surface area contributed by atoms with Gasteiger partial charge in [0.05, 0.1) is 5.75 Å². The van der Waals surface area contributed by atoms with Gasteiger partial charge >= 0.3 is 0 Å². The highest BCUT2D eigenvalue weighted by Gasteiger charge is 2.26. The van der Waals surface area contributed by atoms with Crippen molar-refractivity contribution in [1.29, 1.82) is 0 Å². The monoisotopic (exact) mass is 496 g/mol. The molecule has 2 amide bonds. The summed E-state index contributed by atoms with van der Waals surface area (Å²) in [7, 11) is 0. The van der Waals surface area contributed by atoms with Crippen molar-refractivity contribution in [3.63, 3.8) is 0 Å². The topological polar surface area (TPSA) is 49.4 Å². The second-order valence-electron chi connectivity index (χ2n) is 7.21. The Morgan fingerprint density at radius 1 is 1.07 bits per heavy atom. The lowest BCUT2D eigenvalue weighted by molar-refractivity contribution is -0.138. The summed E-state index contributed by atoms with van der Waals surface area (Å²) < 4.78 is 0.972. The number of hydrogen-bond donors (Lipinski definition) is 1. The summed E-state index contributed by atoms with van der Waals surface area (Å²) in [5.41, 5.74) is 0.974. The van der Waals surface area contributed by atoms with E-state index in [0.29, 0.717) is 24.0 Å². The average molecular weight is 498 g/mol. The Hall–Kier alpha value is -1.50. The van der Waals surface area contributed by atoms with Crippen molar-refractivity contribution in [3.05, 3.63) is 63.6 Å². The van der Waals surface area contributed by atoms with Crippen LogP contribution < -0.4 is 5.32 Å². The van der Waals surface area contributed by atoms with Gasteiger partial charge in [-0.25, -0.2) is 0 Å². The quantitative estimate of drug-likeness (QED) is 0.473. The van der Waals surface area contributed by atoms with E-state index < -0.39 is 6.04 Å². The van der Waals surface area contributed by atoms with Crippen LogP contribution in [0.25, 0.3) is 0 Å². The van der Waals surface area contributed by atoms with Crippen molar-refractivity contribution in [2.24, 2.45) is 5.92 Å². The molecule has 156 valence electrons. The molecule has 0 unspecified atom stereocenters. The maximum absolute atomic E-state index is 13.0. The van der Waals surface area contributed by atoms with Gasteiger partial charge in [-0.2, -0.15) is 0 Å². The molecule has 0 bridgehead atoms. The summed E-state index contributed by atoms with van der Waals surface area (Å²) in [5, 5.41) is 3.59. The molecule has 7 heteroatoms. The Bertz CT molecular complexity index is 813. The third-order valence-electron chi connectivity index (χ3n) is 4.29. The molecule has 0 aliphatic carbocycles. The van der Waals surface area contributed by atoms with Crippen LogP contribution in [-0.4, -0.2) is 35.1 Å². The molecule has 0 aliphatic heterocycles. The first-order valence-corrected chi connectivity index (χ1v) is 11.6. The Morgan fingerprint density at radius 3 is 2.28 bits per heavy atom. The van der Waals surface area contributed by atoms with E-state index in [4.69, 9.17) is 11.6 Å². The van der Waals surface area contributed by atoms with Gasteiger partial charge in [-0.05, 0) is 54.8 Å². The summed E-state index contributed by atoms with van der Waals surface area (Å²) in [6.45, 7) is 6.82. The fraction of sp³-hybridized carbons (Fsp3) is 0.364. The number of carbonyl (C=O) groups excluding carboxylic acids is 2. The Kier molecular flexibility index (Phi) is 9.53. The van der Waals surface area contributed by atoms with Crippen LogP contribution >= 0.6 is 39.3 Å². The third-order valence-corrected chi connectivity index (χ3v) is 6.07. The van der Waals surface area contributed by atoms with Gasteiger partial charge < -0.3 is 10.2 Å². The standard InChI is InChI=1S/C22H26BrClN2O2S/c1-15(2)12-25-22(28)16(3)26(13-17-4-6-18(23)7-5-17)21(27)14-29-20-10-8-19(24)9-11-20/h4-11,15-16H,12-14H2,1-3H3,(H,25,28)/t16-/m1/s1. The summed E-state index contributed by atoms with van der Waals surface area (Å²) in [4.78, 5) is 28.2. The molecule has 1 N–H and O–H groups in total. The van der Waals surface area contributed by atoms with Crippen LogP contribution in [0, 0.1) is 5.92 Å². The van der Waals surface area contributed by atoms with Gasteiger partial charge in [0.15, 0.2) is 0 Å². The van der Waals surface area contributed by atoms with E-state index in [1.165, 1.54) is 11.8 Å². The molecule has 29 heavy (non-hydrogen) atoms. The van der Waals surface area contributed by atoms with Crippen molar-refractivity contribution in [1.82, 2.24) is 10.2 Å². The van der Waals surface area contributed by atoms with E-state index >= 15 is 0 Å². The average Bonchev–Trinajstić information content (AvgIpc) is 2.70. The maximum Gasteiger partial charge on any atom is 0.242 e. The lowest BCUT2D eigenvalue weighted by Gasteiger charge is -2.29. The summed E-state index contributed by atoms with van der Waals surface area (Å²) >= 11 is 10.8. The second kappa shape index (κ2) is 11.6. The van der Waals surface area contributed by atoms with E-state index in [2.05, 4.69) is 21.2 Å². The van der Waals surface area contributed by atoms with E-state index in [1.807, 2.05) is 50.2 Å². The van der Waals surface area contributed by atoms with Crippen molar-refractivity contribution in [2.45, 2.75) is 38.3 Å². The van der Waals surface area contributed by atoms with Crippen molar-refractivity contribution in [3.8, 4) is 0 Å². The van der Waals surface area contributed by atoms with Crippen molar-refractivity contribution < 1.29 is 9.59 Å². The summed E-state index contributed by atoms with van der Waals surface area (Å²) in [6.07, 6.45) is 0. The van der Waals surface area contributed by atoms with Gasteiger partial charge in [-0.3, -0.25) is 9.59 Å². The Labute approximate surface area is 190 Å². The van der Waals surface area contributed by atoms with Crippen LogP contribution in [0.2, 0.25) is 5.02 Å². The number of halogens is 2. The molecule has 0 spiro atoms. The highest BCUT2D eigenvalue weighted by atomic mass is 79.9. The zero-order chi connectivity index (χ0) is 21.4. The molecule has 2 aromatic carbocycles. The van der Waals surface area contributed by atoms with Crippen LogP contribution in [0.15, 0.2) is 57.9 Å². The second-order valence-corrected chi connectivity index (χ2v) is 9.61. The molecule has 4 nitrogen and oxygen atoms in total. The molecule has 0 fully saturated rings. The van der Waals surface area contributed by atoms with Crippen molar-refractivity contribution in [2.75, 3.05) is 12.3 Å². The molecule has 0 radical (unpaired) electrons. The molecule has 0 aliphatic rings. The fourth-order valence-electron chi connectivity index (χ4n) is 2.58. The van der Waals surface area contributed by atoms with E-state index in [-0.39, 0.29) is 17.6 Å². The number of thioether (sulfide) groups is 1. The number of amides is 2. The Morgan fingerprint density at radius 2 is 1.69 bits per heavy atom. The normalized spacial score (nSPS) is 11.9. The predicted octanol–water partition coefficient (Wildman–Crippen LogP) is 5.38. The smallest absolute Gasteiger partial charge is 0.242 e. The molecule has 2 rings (SSSR count). The Balaban J connectivity index is 2.10. The molecule has 1 atom stereocenters. The molecule has 0 heterocycles. The van der Waals surface area contributed by atoms with Gasteiger partial charge in [-0.1, -0.05) is 53.5 Å². The van der Waals surface area contributed by atoms with Crippen molar-refractivity contribution >= 4 is 51.1 Å². The number of carbonyl (C=O) groups is 2. The van der Waals surface area contributed by atoms with Gasteiger partial charge in [0.1, 0.15) is 6.04 Å². The number of hydrogen-bond acceptors (Lipinski definition) is 3. The molecule has 0 aromatic heterocycles. The van der Waals surface area contributed by atoms with Gasteiger partial charge in [0, 0.05) is 27.5 Å². The minimum atomic E-state index is -0.560. The predicted molar refractivity (Wildman–Crippen MR) is 124 cm³/mol. The SMILES string of the molecule is CC(C)CNC(=O)[C@@H](C)N(Cc1ccc(Br)cc1)C(=O)CSc1ccc(Cl)cc1. The van der Waals surface area contributed by atoms with Crippen LogP contribution in [-0.2, 0) is 16.1 Å². The van der Waals surface area contributed by atoms with Crippen LogP contribution in [0.3, 0.4) is 0 Å². The van der Waals surface area contributed by atoms with E-state index in [0.717, 1.165) is 14.9 Å². The minimum absolute atomic E-state index is 0.0833. The van der Waals surface area contributed by atoms with Gasteiger partial charge in [0.2, 0.25) is 11.8 Å². The number of rotatable bonds is 9. The summed E-state index contributed by atoms with van der Waals surface area (Å²) in [6, 6.07) is 14.6. The maximum atomic E-state index is 13.0. The molecular weight excluding hydrogens is 472 g/mol. The first-order chi connectivity index (χ1) is 13.8. The molecule has 0 saturated heterocycles.